The molecule has 18 heavy (non-hydrogen) atoms. The minimum absolute atomic E-state index is 0.708. The Labute approximate surface area is 129 Å². The van der Waals surface area contributed by atoms with Crippen LogP contribution in [0.4, 0.5) is 5.69 Å². The molecule has 2 rings (SSSR count). The predicted octanol–water partition coefficient (Wildman–Crippen LogP) is 5.79. The van der Waals surface area contributed by atoms with E-state index in [1.54, 1.807) is 0 Å². The summed E-state index contributed by atoms with van der Waals surface area (Å²) in [5.74, 6) is 0. The SMILES string of the molecule is Cc1ccc(CNc2ccc(Br)cc2Br)c(Cl)c1. The van der Waals surface area contributed by atoms with Crippen molar-refractivity contribution in [3.8, 4) is 0 Å². The fraction of sp³-hybridized carbons (Fsp3) is 0.143. The molecule has 0 aliphatic rings. The molecule has 0 bridgehead atoms. The maximum absolute atomic E-state index is 6.20. The van der Waals surface area contributed by atoms with E-state index >= 15 is 0 Å². The summed E-state index contributed by atoms with van der Waals surface area (Å²) in [7, 11) is 0. The topological polar surface area (TPSA) is 12.0 Å². The average molecular weight is 390 g/mol. The standard InChI is InChI=1S/C14H12Br2ClN/c1-9-2-3-10(13(17)6-9)8-18-14-5-4-11(15)7-12(14)16/h2-7,18H,8H2,1H3. The van der Waals surface area contributed by atoms with Crippen LogP contribution in [0.3, 0.4) is 0 Å². The van der Waals surface area contributed by atoms with Gasteiger partial charge in [-0.15, -0.1) is 0 Å². The molecule has 0 saturated carbocycles. The molecule has 0 aliphatic carbocycles. The van der Waals surface area contributed by atoms with Gasteiger partial charge in [0.1, 0.15) is 0 Å². The molecule has 1 nitrogen and oxygen atoms in total. The number of hydrogen-bond donors (Lipinski definition) is 1. The lowest BCUT2D eigenvalue weighted by molar-refractivity contribution is 1.14. The van der Waals surface area contributed by atoms with E-state index in [4.69, 9.17) is 11.6 Å². The van der Waals surface area contributed by atoms with E-state index in [9.17, 15) is 0 Å². The zero-order valence-electron chi connectivity index (χ0n) is 9.81. The summed E-state index contributed by atoms with van der Waals surface area (Å²) in [5, 5.41) is 4.17. The normalized spacial score (nSPS) is 10.4. The minimum Gasteiger partial charge on any atom is -0.380 e. The number of aryl methyl sites for hydroxylation is 1. The summed E-state index contributed by atoms with van der Waals surface area (Å²) in [6, 6.07) is 12.1. The lowest BCUT2D eigenvalue weighted by Gasteiger charge is -2.10. The van der Waals surface area contributed by atoms with Crippen LogP contribution in [-0.2, 0) is 6.54 Å². The quantitative estimate of drug-likeness (QED) is 0.701. The fourth-order valence-corrected chi connectivity index (χ4v) is 3.11. The maximum atomic E-state index is 6.20. The number of benzene rings is 2. The van der Waals surface area contributed by atoms with Crippen LogP contribution in [0, 0.1) is 6.92 Å². The van der Waals surface area contributed by atoms with Crippen molar-refractivity contribution in [3.05, 3.63) is 61.5 Å². The smallest absolute Gasteiger partial charge is 0.0488 e. The van der Waals surface area contributed by atoms with Crippen molar-refractivity contribution in [1.82, 2.24) is 0 Å². The number of anilines is 1. The summed E-state index contributed by atoms with van der Waals surface area (Å²) < 4.78 is 2.08. The van der Waals surface area contributed by atoms with E-state index in [1.165, 1.54) is 5.56 Å². The molecule has 0 saturated heterocycles. The molecular weight excluding hydrogens is 377 g/mol. The molecule has 2 aromatic rings. The van der Waals surface area contributed by atoms with Gasteiger partial charge < -0.3 is 5.32 Å². The Morgan fingerprint density at radius 1 is 1.11 bits per heavy atom. The summed E-state index contributed by atoms with van der Waals surface area (Å²) in [6.45, 7) is 2.74. The Morgan fingerprint density at radius 2 is 1.89 bits per heavy atom. The zero-order chi connectivity index (χ0) is 13.1. The van der Waals surface area contributed by atoms with Crippen LogP contribution in [-0.4, -0.2) is 0 Å². The monoisotopic (exact) mass is 387 g/mol. The maximum Gasteiger partial charge on any atom is 0.0488 e. The molecule has 1 N–H and O–H groups in total. The third-order valence-corrected chi connectivity index (χ3v) is 4.11. The van der Waals surface area contributed by atoms with Crippen LogP contribution in [0.15, 0.2) is 45.3 Å². The van der Waals surface area contributed by atoms with Crippen LogP contribution >= 0.6 is 43.5 Å². The molecule has 0 unspecified atom stereocenters. The number of hydrogen-bond acceptors (Lipinski definition) is 1. The predicted molar refractivity (Wildman–Crippen MR) is 85.4 cm³/mol. The van der Waals surface area contributed by atoms with Crippen LogP contribution in [0.25, 0.3) is 0 Å². The Hall–Kier alpha value is -0.510. The van der Waals surface area contributed by atoms with Crippen LogP contribution in [0.1, 0.15) is 11.1 Å². The molecule has 0 spiro atoms. The molecule has 0 aromatic heterocycles. The Balaban J connectivity index is 2.11. The number of halogens is 3. The summed E-state index contributed by atoms with van der Waals surface area (Å²) in [5.41, 5.74) is 3.32. The Kier molecular flexibility index (Phi) is 4.71. The molecule has 0 heterocycles. The van der Waals surface area contributed by atoms with Crippen molar-refractivity contribution in [2.45, 2.75) is 13.5 Å². The largest absolute Gasteiger partial charge is 0.380 e. The van der Waals surface area contributed by atoms with E-state index in [1.807, 2.05) is 31.2 Å². The van der Waals surface area contributed by atoms with Crippen LogP contribution in [0.2, 0.25) is 5.02 Å². The summed E-state index contributed by atoms with van der Waals surface area (Å²) in [4.78, 5) is 0. The second-order valence-electron chi connectivity index (χ2n) is 4.07. The Bertz CT molecular complexity index is 518. The van der Waals surface area contributed by atoms with Crippen molar-refractivity contribution in [3.63, 3.8) is 0 Å². The molecular formula is C14H12Br2ClN. The van der Waals surface area contributed by atoms with Gasteiger partial charge in [-0.2, -0.15) is 0 Å². The molecule has 0 atom stereocenters. The van der Waals surface area contributed by atoms with Crippen molar-refractivity contribution >= 4 is 49.1 Å². The first kappa shape index (κ1) is 13.9. The average Bonchev–Trinajstić information content (AvgIpc) is 2.30. The zero-order valence-corrected chi connectivity index (χ0v) is 13.7. The Morgan fingerprint density at radius 3 is 2.56 bits per heavy atom. The van der Waals surface area contributed by atoms with Gasteiger partial charge in [-0.25, -0.2) is 0 Å². The summed E-state index contributed by atoms with van der Waals surface area (Å²) >= 11 is 13.2. The molecule has 4 heteroatoms. The van der Waals surface area contributed by atoms with Crippen molar-refractivity contribution in [2.24, 2.45) is 0 Å². The van der Waals surface area contributed by atoms with Gasteiger partial charge in [0.25, 0.3) is 0 Å². The summed E-state index contributed by atoms with van der Waals surface area (Å²) in [6.07, 6.45) is 0. The van der Waals surface area contributed by atoms with Gasteiger partial charge >= 0.3 is 0 Å². The third kappa shape index (κ3) is 3.50. The van der Waals surface area contributed by atoms with E-state index in [0.29, 0.717) is 6.54 Å². The van der Waals surface area contributed by atoms with E-state index < -0.39 is 0 Å². The third-order valence-electron chi connectivity index (χ3n) is 2.61. The van der Waals surface area contributed by atoms with E-state index in [-0.39, 0.29) is 0 Å². The lowest BCUT2D eigenvalue weighted by atomic mass is 10.1. The molecule has 2 aromatic carbocycles. The van der Waals surface area contributed by atoms with Gasteiger partial charge in [0, 0.05) is 26.2 Å². The van der Waals surface area contributed by atoms with E-state index in [2.05, 4.69) is 49.3 Å². The van der Waals surface area contributed by atoms with Crippen molar-refractivity contribution in [2.75, 3.05) is 5.32 Å². The molecule has 0 amide bonds. The van der Waals surface area contributed by atoms with Gasteiger partial charge in [0.05, 0.1) is 0 Å². The van der Waals surface area contributed by atoms with Crippen LogP contribution < -0.4 is 5.32 Å². The van der Waals surface area contributed by atoms with Gasteiger partial charge in [-0.1, -0.05) is 39.7 Å². The number of rotatable bonds is 3. The second-order valence-corrected chi connectivity index (χ2v) is 6.25. The van der Waals surface area contributed by atoms with Gasteiger partial charge in [0.2, 0.25) is 0 Å². The highest BCUT2D eigenvalue weighted by Gasteiger charge is 2.03. The minimum atomic E-state index is 0.708. The first-order valence-electron chi connectivity index (χ1n) is 5.50. The highest BCUT2D eigenvalue weighted by atomic mass is 79.9. The first-order chi connectivity index (χ1) is 8.56. The number of nitrogens with one attached hydrogen (secondary N) is 1. The van der Waals surface area contributed by atoms with Gasteiger partial charge in [-0.05, 0) is 58.2 Å². The van der Waals surface area contributed by atoms with Crippen LogP contribution in [0.5, 0.6) is 0 Å². The molecule has 0 aliphatic heterocycles. The highest BCUT2D eigenvalue weighted by Crippen LogP contribution is 2.27. The van der Waals surface area contributed by atoms with E-state index in [0.717, 1.165) is 25.2 Å². The highest BCUT2D eigenvalue weighted by molar-refractivity contribution is 9.11. The molecule has 0 radical (unpaired) electrons. The molecule has 0 fully saturated rings. The lowest BCUT2D eigenvalue weighted by Crippen LogP contribution is -2.00. The van der Waals surface area contributed by atoms with Crippen molar-refractivity contribution in [1.29, 1.82) is 0 Å². The fourth-order valence-electron chi connectivity index (χ4n) is 1.62. The first-order valence-corrected chi connectivity index (χ1v) is 7.46. The van der Waals surface area contributed by atoms with Gasteiger partial charge in [0.15, 0.2) is 0 Å². The molecule has 94 valence electrons. The van der Waals surface area contributed by atoms with Gasteiger partial charge in [-0.3, -0.25) is 0 Å². The van der Waals surface area contributed by atoms with Crippen molar-refractivity contribution < 1.29 is 0 Å². The second kappa shape index (κ2) is 6.09.